The van der Waals surface area contributed by atoms with Gasteiger partial charge >= 0.3 is 0 Å². The van der Waals surface area contributed by atoms with Crippen molar-refractivity contribution in [2.75, 3.05) is 18.0 Å². The number of hydrogen-bond acceptors (Lipinski definition) is 2. The van der Waals surface area contributed by atoms with Crippen molar-refractivity contribution in [3.05, 3.63) is 29.3 Å². The summed E-state index contributed by atoms with van der Waals surface area (Å²) in [5.41, 5.74) is 4.44. The van der Waals surface area contributed by atoms with E-state index >= 15 is 0 Å². The highest BCUT2D eigenvalue weighted by Crippen LogP contribution is 2.28. The molecule has 0 aliphatic carbocycles. The number of nitrogens with zero attached hydrogens (tertiary/aromatic N) is 1. The van der Waals surface area contributed by atoms with Crippen molar-refractivity contribution in [3.63, 3.8) is 0 Å². The summed E-state index contributed by atoms with van der Waals surface area (Å²) in [4.78, 5) is 2.49. The zero-order chi connectivity index (χ0) is 10.3. The predicted octanol–water partition coefficient (Wildman–Crippen LogP) is 1.93. The number of benzene rings is 1. The van der Waals surface area contributed by atoms with Gasteiger partial charge in [0.1, 0.15) is 0 Å². The molecule has 2 heterocycles. The van der Waals surface area contributed by atoms with Crippen LogP contribution in [0.4, 0.5) is 5.69 Å². The fraction of sp³-hybridized carbons (Fsp3) is 0.538. The molecule has 1 fully saturated rings. The van der Waals surface area contributed by atoms with Gasteiger partial charge in [0.05, 0.1) is 0 Å². The van der Waals surface area contributed by atoms with Crippen molar-refractivity contribution < 1.29 is 0 Å². The quantitative estimate of drug-likeness (QED) is 0.748. The van der Waals surface area contributed by atoms with Crippen LogP contribution in [0.15, 0.2) is 18.2 Å². The molecule has 0 saturated carbocycles. The molecule has 2 nitrogen and oxygen atoms in total. The predicted molar refractivity (Wildman–Crippen MR) is 63.3 cm³/mol. The summed E-state index contributed by atoms with van der Waals surface area (Å²) in [6.45, 7) is 5.71. The normalized spacial score (nSPS) is 24.6. The Bertz CT molecular complexity index is 373. The van der Waals surface area contributed by atoms with E-state index in [0.717, 1.165) is 19.1 Å². The van der Waals surface area contributed by atoms with E-state index in [9.17, 15) is 0 Å². The van der Waals surface area contributed by atoms with Gasteiger partial charge in [0, 0.05) is 24.8 Å². The van der Waals surface area contributed by atoms with Crippen LogP contribution in [0.5, 0.6) is 0 Å². The molecule has 2 aliphatic heterocycles. The number of nitrogens with one attached hydrogen (secondary N) is 1. The lowest BCUT2D eigenvalue weighted by atomic mass is 9.97. The topological polar surface area (TPSA) is 15.3 Å². The zero-order valence-corrected chi connectivity index (χ0v) is 9.29. The van der Waals surface area contributed by atoms with Gasteiger partial charge in [0.25, 0.3) is 0 Å². The summed E-state index contributed by atoms with van der Waals surface area (Å²) < 4.78 is 0. The van der Waals surface area contributed by atoms with Gasteiger partial charge in [-0.2, -0.15) is 0 Å². The summed E-state index contributed by atoms with van der Waals surface area (Å²) in [5.74, 6) is 0. The molecule has 1 unspecified atom stereocenters. The Morgan fingerprint density at radius 1 is 1.33 bits per heavy atom. The van der Waals surface area contributed by atoms with Crippen molar-refractivity contribution in [2.45, 2.75) is 32.4 Å². The molecular formula is C13H18N2. The first-order valence-electron chi connectivity index (χ1n) is 5.94. The Labute approximate surface area is 91.3 Å². The zero-order valence-electron chi connectivity index (χ0n) is 9.29. The third-order valence-electron chi connectivity index (χ3n) is 3.73. The lowest BCUT2D eigenvalue weighted by molar-refractivity contribution is 0.481. The molecule has 3 rings (SSSR count). The lowest BCUT2D eigenvalue weighted by Crippen LogP contribution is -2.45. The van der Waals surface area contributed by atoms with Gasteiger partial charge < -0.3 is 10.2 Å². The van der Waals surface area contributed by atoms with Crippen molar-refractivity contribution in [1.29, 1.82) is 0 Å². The molecule has 1 aromatic carbocycles. The summed E-state index contributed by atoms with van der Waals surface area (Å²) >= 11 is 0. The Morgan fingerprint density at radius 3 is 3.00 bits per heavy atom. The molecular weight excluding hydrogens is 184 g/mol. The van der Waals surface area contributed by atoms with Crippen LogP contribution in [0.1, 0.15) is 24.5 Å². The van der Waals surface area contributed by atoms with Crippen LogP contribution in [-0.4, -0.2) is 19.1 Å². The fourth-order valence-corrected chi connectivity index (χ4v) is 2.55. The number of fused-ring (bicyclic) bond motifs is 1. The largest absolute Gasteiger partial charge is 0.369 e. The first kappa shape index (κ1) is 9.22. The summed E-state index contributed by atoms with van der Waals surface area (Å²) in [6.07, 6.45) is 2.53. The number of rotatable bonds is 1. The minimum atomic E-state index is 0.736. The van der Waals surface area contributed by atoms with Crippen LogP contribution < -0.4 is 10.2 Å². The van der Waals surface area contributed by atoms with E-state index in [2.05, 4.69) is 35.3 Å². The fourth-order valence-electron chi connectivity index (χ4n) is 2.55. The molecule has 0 radical (unpaired) electrons. The Hall–Kier alpha value is -1.02. The third kappa shape index (κ3) is 1.53. The van der Waals surface area contributed by atoms with Gasteiger partial charge in [0.15, 0.2) is 0 Å². The summed E-state index contributed by atoms with van der Waals surface area (Å²) in [6, 6.07) is 7.72. The molecule has 2 heteroatoms. The van der Waals surface area contributed by atoms with E-state index in [0.29, 0.717) is 0 Å². The molecule has 0 aromatic heterocycles. The standard InChI is InChI=1S/C13H18N2/c1-10-5-7-15(10)13-3-2-11-4-6-14-9-12(11)8-13/h2-3,8,10,14H,4-7,9H2,1H3. The molecule has 1 saturated heterocycles. The van der Waals surface area contributed by atoms with Crippen LogP contribution in [0.25, 0.3) is 0 Å². The van der Waals surface area contributed by atoms with Gasteiger partial charge in [-0.05, 0) is 49.6 Å². The Balaban J connectivity index is 1.90. The highest BCUT2D eigenvalue weighted by molar-refractivity contribution is 5.54. The van der Waals surface area contributed by atoms with E-state index < -0.39 is 0 Å². The minimum absolute atomic E-state index is 0.736. The van der Waals surface area contributed by atoms with E-state index in [1.54, 1.807) is 0 Å². The Kier molecular flexibility index (Phi) is 2.17. The second-order valence-corrected chi connectivity index (χ2v) is 4.71. The third-order valence-corrected chi connectivity index (χ3v) is 3.73. The van der Waals surface area contributed by atoms with Crippen molar-refractivity contribution >= 4 is 5.69 Å². The molecule has 0 amide bonds. The van der Waals surface area contributed by atoms with Crippen molar-refractivity contribution in [3.8, 4) is 0 Å². The number of hydrogen-bond donors (Lipinski definition) is 1. The molecule has 0 spiro atoms. The van der Waals surface area contributed by atoms with Gasteiger partial charge in [-0.1, -0.05) is 6.07 Å². The molecule has 80 valence electrons. The van der Waals surface area contributed by atoms with Crippen LogP contribution in [-0.2, 0) is 13.0 Å². The monoisotopic (exact) mass is 202 g/mol. The van der Waals surface area contributed by atoms with Gasteiger partial charge in [-0.15, -0.1) is 0 Å². The average Bonchev–Trinajstić information content (AvgIpc) is 2.27. The second kappa shape index (κ2) is 3.53. The van der Waals surface area contributed by atoms with Crippen LogP contribution in [0.3, 0.4) is 0 Å². The van der Waals surface area contributed by atoms with Gasteiger partial charge in [-0.3, -0.25) is 0 Å². The smallest absolute Gasteiger partial charge is 0.0372 e. The SMILES string of the molecule is CC1CCN1c1ccc2c(c1)CNCC2. The summed E-state index contributed by atoms with van der Waals surface area (Å²) in [7, 11) is 0. The second-order valence-electron chi connectivity index (χ2n) is 4.71. The molecule has 1 N–H and O–H groups in total. The molecule has 2 aliphatic rings. The molecule has 0 bridgehead atoms. The average molecular weight is 202 g/mol. The van der Waals surface area contributed by atoms with Crippen molar-refractivity contribution in [1.82, 2.24) is 5.32 Å². The van der Waals surface area contributed by atoms with E-state index in [4.69, 9.17) is 0 Å². The first-order valence-corrected chi connectivity index (χ1v) is 5.94. The van der Waals surface area contributed by atoms with Crippen LogP contribution in [0, 0.1) is 0 Å². The maximum Gasteiger partial charge on any atom is 0.0372 e. The van der Waals surface area contributed by atoms with Gasteiger partial charge in [-0.25, -0.2) is 0 Å². The maximum atomic E-state index is 3.44. The van der Waals surface area contributed by atoms with Crippen LogP contribution >= 0.6 is 0 Å². The highest BCUT2D eigenvalue weighted by atomic mass is 15.2. The summed E-state index contributed by atoms with van der Waals surface area (Å²) in [5, 5.41) is 3.44. The van der Waals surface area contributed by atoms with Gasteiger partial charge in [0.2, 0.25) is 0 Å². The molecule has 1 atom stereocenters. The highest BCUT2D eigenvalue weighted by Gasteiger charge is 2.24. The Morgan fingerprint density at radius 2 is 2.27 bits per heavy atom. The van der Waals surface area contributed by atoms with E-state index in [-0.39, 0.29) is 0 Å². The van der Waals surface area contributed by atoms with Crippen LogP contribution in [0.2, 0.25) is 0 Å². The molecule has 15 heavy (non-hydrogen) atoms. The lowest BCUT2D eigenvalue weighted by Gasteiger charge is -2.41. The minimum Gasteiger partial charge on any atom is -0.369 e. The maximum absolute atomic E-state index is 3.44. The molecule has 1 aromatic rings. The first-order chi connectivity index (χ1) is 7.34. The number of anilines is 1. The van der Waals surface area contributed by atoms with Crippen molar-refractivity contribution in [2.24, 2.45) is 0 Å². The van der Waals surface area contributed by atoms with E-state index in [1.165, 1.54) is 36.2 Å². The van der Waals surface area contributed by atoms with E-state index in [1.807, 2.05) is 0 Å².